The number of carbonyl (C=O) groups is 2. The molecule has 0 saturated heterocycles. The Bertz CT molecular complexity index is 832. The van der Waals surface area contributed by atoms with Gasteiger partial charge in [-0.1, -0.05) is 25.3 Å². The molecule has 1 aliphatic carbocycles. The van der Waals surface area contributed by atoms with E-state index >= 15 is 0 Å². The zero-order valence-electron chi connectivity index (χ0n) is 16.2. The van der Waals surface area contributed by atoms with Gasteiger partial charge in [0.1, 0.15) is 0 Å². The van der Waals surface area contributed by atoms with E-state index < -0.39 is 5.97 Å². The number of aryl methyl sites for hydroxylation is 1. The van der Waals surface area contributed by atoms with E-state index in [0.29, 0.717) is 12.3 Å². The van der Waals surface area contributed by atoms with E-state index in [0.717, 1.165) is 40.7 Å². The van der Waals surface area contributed by atoms with Crippen molar-refractivity contribution in [3.63, 3.8) is 0 Å². The van der Waals surface area contributed by atoms with Crippen LogP contribution in [0.3, 0.4) is 0 Å². The van der Waals surface area contributed by atoms with Crippen molar-refractivity contribution in [1.29, 1.82) is 0 Å². The first-order valence-corrected chi connectivity index (χ1v) is 10.1. The number of nitrogens with two attached hydrogens (primary N) is 1. The summed E-state index contributed by atoms with van der Waals surface area (Å²) in [6.07, 6.45) is 8.28. The maximum atomic E-state index is 11.6. The highest BCUT2D eigenvalue weighted by molar-refractivity contribution is 5.90. The van der Waals surface area contributed by atoms with Gasteiger partial charge in [-0.3, -0.25) is 9.59 Å². The predicted octanol–water partition coefficient (Wildman–Crippen LogP) is 3.97. The minimum absolute atomic E-state index is 0.175. The summed E-state index contributed by atoms with van der Waals surface area (Å²) >= 11 is 0. The van der Waals surface area contributed by atoms with Crippen LogP contribution in [0.5, 0.6) is 0 Å². The number of aliphatic carboxylic acids is 1. The molecule has 1 aliphatic rings. The van der Waals surface area contributed by atoms with Crippen molar-refractivity contribution in [3.05, 3.63) is 35.0 Å². The Morgan fingerprint density at radius 1 is 1.22 bits per heavy atom. The lowest BCUT2D eigenvalue weighted by molar-refractivity contribution is -0.137. The molecule has 5 nitrogen and oxygen atoms in total. The fraction of sp³-hybridized carbons (Fsp3) is 0.545. The summed E-state index contributed by atoms with van der Waals surface area (Å²) < 4.78 is 2.37. The molecular formula is C22H30N2O3. The topological polar surface area (TPSA) is 85.3 Å². The fourth-order valence-corrected chi connectivity index (χ4v) is 4.46. The molecule has 2 aromatic rings. The Hall–Kier alpha value is -2.30. The van der Waals surface area contributed by atoms with Crippen molar-refractivity contribution in [2.45, 2.75) is 71.3 Å². The molecule has 0 atom stereocenters. The summed E-state index contributed by atoms with van der Waals surface area (Å²) in [4.78, 5) is 22.4. The molecule has 0 bridgehead atoms. The molecule has 1 aromatic heterocycles. The van der Waals surface area contributed by atoms with Gasteiger partial charge in [-0.15, -0.1) is 0 Å². The number of hydrogen-bond acceptors (Lipinski definition) is 2. The maximum absolute atomic E-state index is 11.6. The smallest absolute Gasteiger partial charge is 0.303 e. The highest BCUT2D eigenvalue weighted by Crippen LogP contribution is 2.32. The first kappa shape index (κ1) is 19.5. The molecule has 5 heteroatoms. The molecule has 1 amide bonds. The van der Waals surface area contributed by atoms with E-state index in [1.165, 1.54) is 32.1 Å². The highest BCUT2D eigenvalue weighted by Gasteiger charge is 2.20. The lowest BCUT2D eigenvalue weighted by Crippen LogP contribution is -2.16. The Labute approximate surface area is 160 Å². The zero-order valence-corrected chi connectivity index (χ0v) is 16.2. The van der Waals surface area contributed by atoms with Crippen molar-refractivity contribution < 1.29 is 14.7 Å². The lowest BCUT2D eigenvalue weighted by atomic mass is 9.89. The minimum atomic E-state index is -0.764. The molecule has 0 aliphatic heterocycles. The van der Waals surface area contributed by atoms with Crippen LogP contribution in [0.4, 0.5) is 0 Å². The lowest BCUT2D eigenvalue weighted by Gasteiger charge is -2.23. The first-order valence-electron chi connectivity index (χ1n) is 10.1. The Morgan fingerprint density at radius 3 is 2.63 bits per heavy atom. The van der Waals surface area contributed by atoms with Crippen LogP contribution in [0.25, 0.3) is 10.9 Å². The predicted molar refractivity (Wildman–Crippen MR) is 107 cm³/mol. The van der Waals surface area contributed by atoms with Crippen molar-refractivity contribution >= 4 is 22.8 Å². The molecule has 27 heavy (non-hydrogen) atoms. The summed E-state index contributed by atoms with van der Waals surface area (Å²) in [7, 11) is 0. The molecule has 3 N–H and O–H groups in total. The second-order valence-electron chi connectivity index (χ2n) is 7.92. The Kier molecular flexibility index (Phi) is 6.19. The van der Waals surface area contributed by atoms with Crippen LogP contribution < -0.4 is 5.73 Å². The van der Waals surface area contributed by atoms with E-state index in [-0.39, 0.29) is 18.7 Å². The van der Waals surface area contributed by atoms with Crippen molar-refractivity contribution in [2.75, 3.05) is 0 Å². The minimum Gasteiger partial charge on any atom is -0.481 e. The van der Waals surface area contributed by atoms with Gasteiger partial charge >= 0.3 is 5.97 Å². The number of aromatic nitrogens is 1. The van der Waals surface area contributed by atoms with Crippen LogP contribution in [0.1, 0.15) is 61.8 Å². The highest BCUT2D eigenvalue weighted by atomic mass is 16.4. The van der Waals surface area contributed by atoms with Crippen LogP contribution in [0, 0.1) is 12.8 Å². The van der Waals surface area contributed by atoms with Gasteiger partial charge in [-0.05, 0) is 61.8 Å². The summed E-state index contributed by atoms with van der Waals surface area (Å²) in [5.41, 5.74) is 9.95. The number of hydrogen-bond donors (Lipinski definition) is 2. The summed E-state index contributed by atoms with van der Waals surface area (Å²) in [5, 5.41) is 9.94. The van der Waals surface area contributed by atoms with Gasteiger partial charge in [0.25, 0.3) is 0 Å². The summed E-state index contributed by atoms with van der Waals surface area (Å²) in [6.45, 7) is 3.09. The van der Waals surface area contributed by atoms with Crippen molar-refractivity contribution in [2.24, 2.45) is 11.7 Å². The van der Waals surface area contributed by atoms with E-state index in [1.807, 2.05) is 0 Å². The molecule has 1 fully saturated rings. The Morgan fingerprint density at radius 2 is 1.96 bits per heavy atom. The van der Waals surface area contributed by atoms with Gasteiger partial charge in [0.15, 0.2) is 0 Å². The average molecular weight is 370 g/mol. The average Bonchev–Trinajstić information content (AvgIpc) is 2.87. The third-order valence-electron chi connectivity index (χ3n) is 5.89. The molecule has 0 spiro atoms. The number of benzene rings is 1. The van der Waals surface area contributed by atoms with Gasteiger partial charge < -0.3 is 15.4 Å². The molecule has 1 heterocycles. The Balaban J connectivity index is 1.93. The van der Waals surface area contributed by atoms with Gasteiger partial charge in [0.2, 0.25) is 5.91 Å². The monoisotopic (exact) mass is 370 g/mol. The fourth-order valence-electron chi connectivity index (χ4n) is 4.46. The van der Waals surface area contributed by atoms with Crippen molar-refractivity contribution in [3.8, 4) is 0 Å². The van der Waals surface area contributed by atoms with E-state index in [9.17, 15) is 9.59 Å². The molecular weight excluding hydrogens is 340 g/mol. The third-order valence-corrected chi connectivity index (χ3v) is 5.89. The first-order chi connectivity index (χ1) is 13.0. The van der Waals surface area contributed by atoms with E-state index in [2.05, 4.69) is 29.7 Å². The summed E-state index contributed by atoms with van der Waals surface area (Å²) in [5.74, 6) is -0.379. The standard InChI is InChI=1S/C22H30N2O3/c1-15-18(13-21(23)25)19-12-16(8-5-9-22(26)27)10-11-20(19)24(15)14-17-6-3-2-4-7-17/h10-12,17H,2-9,13-14H2,1H3,(H2,23,25)(H,26,27). The number of carboxylic acids is 1. The van der Waals surface area contributed by atoms with Crippen molar-refractivity contribution in [1.82, 2.24) is 4.57 Å². The van der Waals surface area contributed by atoms with Crippen LogP contribution in [0.2, 0.25) is 0 Å². The molecule has 1 aromatic carbocycles. The number of amides is 1. The number of carboxylic acid groups (broad SMARTS) is 1. The van der Waals surface area contributed by atoms with Gasteiger partial charge in [0.05, 0.1) is 6.42 Å². The normalized spacial score (nSPS) is 15.3. The number of primary amides is 1. The van der Waals surface area contributed by atoms with Crippen LogP contribution >= 0.6 is 0 Å². The molecule has 0 unspecified atom stereocenters. The molecule has 146 valence electrons. The number of nitrogens with zero attached hydrogens (tertiary/aromatic N) is 1. The molecule has 0 radical (unpaired) electrons. The summed E-state index contributed by atoms with van der Waals surface area (Å²) in [6, 6.07) is 6.35. The van der Waals surface area contributed by atoms with E-state index in [1.54, 1.807) is 0 Å². The molecule has 1 saturated carbocycles. The van der Waals surface area contributed by atoms with Gasteiger partial charge in [0, 0.05) is 29.6 Å². The largest absolute Gasteiger partial charge is 0.481 e. The van der Waals surface area contributed by atoms with E-state index in [4.69, 9.17) is 10.8 Å². The molecule has 3 rings (SSSR count). The second-order valence-corrected chi connectivity index (χ2v) is 7.92. The number of rotatable bonds is 8. The zero-order chi connectivity index (χ0) is 19.4. The number of fused-ring (bicyclic) bond motifs is 1. The van der Waals surface area contributed by atoms with Crippen LogP contribution in [0.15, 0.2) is 18.2 Å². The van der Waals surface area contributed by atoms with Gasteiger partial charge in [-0.25, -0.2) is 0 Å². The SMILES string of the molecule is Cc1c(CC(N)=O)c2cc(CCCC(=O)O)ccc2n1CC1CCCCC1. The van der Waals surface area contributed by atoms with Gasteiger partial charge in [-0.2, -0.15) is 0 Å². The van der Waals surface area contributed by atoms with Crippen LogP contribution in [-0.4, -0.2) is 21.6 Å². The number of carbonyl (C=O) groups excluding carboxylic acids is 1. The quantitative estimate of drug-likeness (QED) is 0.737. The second kappa shape index (κ2) is 8.59. The third kappa shape index (κ3) is 4.71. The maximum Gasteiger partial charge on any atom is 0.303 e. The van der Waals surface area contributed by atoms with Crippen LogP contribution in [-0.2, 0) is 29.0 Å².